The van der Waals surface area contributed by atoms with Crippen LogP contribution in [0.2, 0.25) is 0 Å². The Morgan fingerprint density at radius 3 is 2.31 bits per heavy atom. The molecular formula is C9H15N3O. The molecule has 0 bridgehead atoms. The fourth-order valence-electron chi connectivity index (χ4n) is 1.01. The maximum Gasteiger partial charge on any atom is 0.245 e. The van der Waals surface area contributed by atoms with Gasteiger partial charge in [0.05, 0.1) is 5.69 Å². The highest BCUT2D eigenvalue weighted by Gasteiger charge is 2.19. The fourth-order valence-corrected chi connectivity index (χ4v) is 1.01. The van der Waals surface area contributed by atoms with E-state index in [1.807, 2.05) is 20.8 Å². The van der Waals surface area contributed by atoms with Crippen LogP contribution in [0.3, 0.4) is 0 Å². The van der Waals surface area contributed by atoms with Crippen LogP contribution in [0.1, 0.15) is 38.2 Å². The average molecular weight is 181 g/mol. The van der Waals surface area contributed by atoms with Gasteiger partial charge in [0.25, 0.3) is 0 Å². The maximum absolute atomic E-state index is 11.0. The zero-order valence-electron chi connectivity index (χ0n) is 8.46. The van der Waals surface area contributed by atoms with Crippen molar-refractivity contribution in [3.05, 3.63) is 11.8 Å². The molecule has 0 amide bonds. The number of anilines is 1. The first kappa shape index (κ1) is 9.77. The molecule has 0 aliphatic rings. The van der Waals surface area contributed by atoms with Crippen LogP contribution in [0.25, 0.3) is 0 Å². The smallest absolute Gasteiger partial charge is 0.245 e. The minimum Gasteiger partial charge on any atom is -0.383 e. The summed E-state index contributed by atoms with van der Waals surface area (Å²) in [5.41, 5.74) is 6.38. The Balaban J connectivity index is 3.17. The highest BCUT2D eigenvalue weighted by Crippen LogP contribution is 2.22. The number of hydrogen-bond donors (Lipinski definition) is 1. The highest BCUT2D eigenvalue weighted by molar-refractivity contribution is 5.78. The van der Waals surface area contributed by atoms with Gasteiger partial charge < -0.3 is 5.73 Å². The third-order valence-electron chi connectivity index (χ3n) is 1.80. The molecule has 2 N–H and O–H groups in total. The summed E-state index contributed by atoms with van der Waals surface area (Å²) >= 11 is 0. The quantitative estimate of drug-likeness (QED) is 0.658. The van der Waals surface area contributed by atoms with Crippen LogP contribution < -0.4 is 5.73 Å². The summed E-state index contributed by atoms with van der Waals surface area (Å²) in [6.07, 6.45) is 0. The lowest BCUT2D eigenvalue weighted by molar-refractivity contribution is 0.0923. The van der Waals surface area contributed by atoms with E-state index in [1.165, 1.54) is 11.6 Å². The zero-order chi connectivity index (χ0) is 10.2. The summed E-state index contributed by atoms with van der Waals surface area (Å²) in [5.74, 6) is 0.241. The summed E-state index contributed by atoms with van der Waals surface area (Å²) in [6, 6.07) is 1.74. The van der Waals surface area contributed by atoms with Gasteiger partial charge in [-0.15, -0.1) is 0 Å². The Bertz CT molecular complexity index is 333. The monoisotopic (exact) mass is 181 g/mol. The Morgan fingerprint density at radius 2 is 2.08 bits per heavy atom. The summed E-state index contributed by atoms with van der Waals surface area (Å²) in [6.45, 7) is 7.52. The molecule has 1 heterocycles. The minimum absolute atomic E-state index is 0.0746. The van der Waals surface area contributed by atoms with Crippen LogP contribution in [-0.4, -0.2) is 15.7 Å². The lowest BCUT2D eigenvalue weighted by Gasteiger charge is -2.13. The fraction of sp³-hybridized carbons (Fsp3) is 0.556. The summed E-state index contributed by atoms with van der Waals surface area (Å²) in [7, 11) is 0. The second kappa shape index (κ2) is 2.87. The van der Waals surface area contributed by atoms with Gasteiger partial charge in [-0.1, -0.05) is 20.8 Å². The molecule has 4 nitrogen and oxygen atoms in total. The maximum atomic E-state index is 11.0. The molecule has 1 rings (SSSR count). The second-order valence-electron chi connectivity index (χ2n) is 4.14. The molecule has 0 unspecified atom stereocenters. The summed E-state index contributed by atoms with van der Waals surface area (Å²) in [5, 5.41) is 4.12. The molecule has 0 saturated carbocycles. The lowest BCUT2D eigenvalue weighted by atomic mass is 9.92. The Labute approximate surface area is 77.7 Å². The van der Waals surface area contributed by atoms with Crippen molar-refractivity contribution >= 4 is 11.7 Å². The summed E-state index contributed by atoms with van der Waals surface area (Å²) < 4.78 is 1.22. The number of aromatic nitrogens is 2. The molecule has 0 aromatic carbocycles. The van der Waals surface area contributed by atoms with Gasteiger partial charge >= 0.3 is 0 Å². The van der Waals surface area contributed by atoms with Crippen molar-refractivity contribution in [3.63, 3.8) is 0 Å². The molecule has 0 spiro atoms. The molecule has 72 valence electrons. The van der Waals surface area contributed by atoms with Crippen molar-refractivity contribution in [2.45, 2.75) is 33.1 Å². The van der Waals surface area contributed by atoms with E-state index in [0.29, 0.717) is 5.82 Å². The van der Waals surface area contributed by atoms with Gasteiger partial charge in [-0.2, -0.15) is 9.78 Å². The van der Waals surface area contributed by atoms with E-state index in [-0.39, 0.29) is 11.3 Å². The van der Waals surface area contributed by atoms with Crippen LogP contribution in [-0.2, 0) is 5.41 Å². The topological polar surface area (TPSA) is 60.9 Å². The van der Waals surface area contributed by atoms with E-state index in [0.717, 1.165) is 5.69 Å². The van der Waals surface area contributed by atoms with Crippen molar-refractivity contribution in [3.8, 4) is 0 Å². The molecule has 0 radical (unpaired) electrons. The molecule has 13 heavy (non-hydrogen) atoms. The van der Waals surface area contributed by atoms with Crippen molar-refractivity contribution < 1.29 is 4.79 Å². The molecule has 1 aromatic heterocycles. The molecular weight excluding hydrogens is 166 g/mol. The van der Waals surface area contributed by atoms with Crippen LogP contribution in [0, 0.1) is 0 Å². The molecule has 0 fully saturated rings. The van der Waals surface area contributed by atoms with E-state index >= 15 is 0 Å². The van der Waals surface area contributed by atoms with Crippen LogP contribution >= 0.6 is 0 Å². The molecule has 0 aliphatic carbocycles. The predicted molar refractivity (Wildman–Crippen MR) is 51.6 cm³/mol. The predicted octanol–water partition coefficient (Wildman–Crippen LogP) is 1.42. The molecule has 0 saturated heterocycles. The number of carbonyl (C=O) groups excluding carboxylic acids is 1. The van der Waals surface area contributed by atoms with E-state index in [4.69, 9.17) is 5.73 Å². The van der Waals surface area contributed by atoms with Gasteiger partial charge in [-0.05, 0) is 0 Å². The first-order valence-electron chi connectivity index (χ1n) is 4.19. The molecule has 0 atom stereocenters. The average Bonchev–Trinajstić information content (AvgIpc) is 2.29. The largest absolute Gasteiger partial charge is 0.383 e. The van der Waals surface area contributed by atoms with Crippen molar-refractivity contribution in [2.75, 3.05) is 5.73 Å². The minimum atomic E-state index is -0.159. The van der Waals surface area contributed by atoms with Crippen LogP contribution in [0.15, 0.2) is 6.07 Å². The Morgan fingerprint density at radius 1 is 1.54 bits per heavy atom. The van der Waals surface area contributed by atoms with E-state index in [2.05, 4.69) is 5.10 Å². The first-order chi connectivity index (χ1) is 5.82. The van der Waals surface area contributed by atoms with Crippen LogP contribution in [0.5, 0.6) is 0 Å². The molecule has 0 aliphatic heterocycles. The number of nitrogen functional groups attached to an aromatic ring is 1. The standard InChI is InChI=1S/C9H15N3O/c1-6(13)12-8(10)5-7(11-12)9(2,3)4/h5H,10H2,1-4H3. The zero-order valence-corrected chi connectivity index (χ0v) is 8.46. The number of nitrogens with two attached hydrogens (primary N) is 1. The van der Waals surface area contributed by atoms with Gasteiger partial charge in [-0.25, -0.2) is 0 Å². The van der Waals surface area contributed by atoms with Gasteiger partial charge in [0.2, 0.25) is 5.91 Å². The highest BCUT2D eigenvalue weighted by atomic mass is 16.2. The van der Waals surface area contributed by atoms with Crippen molar-refractivity contribution in [2.24, 2.45) is 0 Å². The normalized spacial score (nSPS) is 11.7. The van der Waals surface area contributed by atoms with E-state index in [9.17, 15) is 4.79 Å². The number of nitrogens with zero attached hydrogens (tertiary/aromatic N) is 2. The van der Waals surface area contributed by atoms with Gasteiger partial charge in [0.1, 0.15) is 5.82 Å². The first-order valence-corrected chi connectivity index (χ1v) is 4.19. The van der Waals surface area contributed by atoms with E-state index < -0.39 is 0 Å². The summed E-state index contributed by atoms with van der Waals surface area (Å²) in [4.78, 5) is 11.0. The van der Waals surface area contributed by atoms with Gasteiger partial charge in [0, 0.05) is 18.4 Å². The molecule has 4 heteroatoms. The second-order valence-corrected chi connectivity index (χ2v) is 4.14. The third kappa shape index (κ3) is 1.88. The lowest BCUT2D eigenvalue weighted by Crippen LogP contribution is -2.15. The Kier molecular flexibility index (Phi) is 2.15. The van der Waals surface area contributed by atoms with Crippen LogP contribution in [0.4, 0.5) is 5.82 Å². The SMILES string of the molecule is CC(=O)n1nc(C(C)(C)C)cc1N. The number of carbonyl (C=O) groups is 1. The van der Waals surface area contributed by atoms with Crippen molar-refractivity contribution in [1.82, 2.24) is 9.78 Å². The number of rotatable bonds is 0. The third-order valence-corrected chi connectivity index (χ3v) is 1.80. The number of hydrogen-bond acceptors (Lipinski definition) is 3. The molecule has 1 aromatic rings. The van der Waals surface area contributed by atoms with E-state index in [1.54, 1.807) is 6.07 Å². The van der Waals surface area contributed by atoms with Gasteiger partial charge in [-0.3, -0.25) is 4.79 Å². The van der Waals surface area contributed by atoms with Crippen molar-refractivity contribution in [1.29, 1.82) is 0 Å². The van der Waals surface area contributed by atoms with Gasteiger partial charge in [0.15, 0.2) is 0 Å². The Hall–Kier alpha value is -1.32.